The molecular weight excluding hydrogens is 208 g/mol. The minimum absolute atomic E-state index is 0.116. The molecule has 0 aliphatic rings. The Morgan fingerprint density at radius 1 is 1.25 bits per heavy atom. The lowest BCUT2D eigenvalue weighted by molar-refractivity contribution is -0.329. The van der Waals surface area contributed by atoms with Gasteiger partial charge in [-0.3, -0.25) is 4.89 Å². The molecule has 4 nitrogen and oxygen atoms in total. The van der Waals surface area contributed by atoms with Crippen LogP contribution in [0.1, 0.15) is 54.4 Å². The van der Waals surface area contributed by atoms with E-state index in [1.165, 1.54) is 0 Å². The molecule has 1 atom stereocenters. The summed E-state index contributed by atoms with van der Waals surface area (Å²) in [5, 5.41) is 9.22. The highest BCUT2D eigenvalue weighted by molar-refractivity contribution is 5.69. The molecule has 0 amide bonds. The van der Waals surface area contributed by atoms with Gasteiger partial charge in [-0.2, -0.15) is 4.89 Å². The molecule has 4 heteroatoms. The fourth-order valence-corrected chi connectivity index (χ4v) is 1.37. The predicted octanol–water partition coefficient (Wildman–Crippen LogP) is 2.45. The summed E-state index contributed by atoms with van der Waals surface area (Å²) in [6.07, 6.45) is 0.226. The van der Waals surface area contributed by atoms with Crippen LogP contribution in [0, 0.1) is 5.41 Å². The van der Waals surface area contributed by atoms with Crippen LogP contribution in [0.3, 0.4) is 0 Å². The van der Waals surface area contributed by atoms with Gasteiger partial charge in [-0.1, -0.05) is 20.8 Å². The summed E-state index contributed by atoms with van der Waals surface area (Å²) >= 11 is 0. The predicted molar refractivity (Wildman–Crippen MR) is 61.6 cm³/mol. The molecule has 0 heterocycles. The van der Waals surface area contributed by atoms with E-state index in [9.17, 15) is 9.90 Å². The number of rotatable bonds is 5. The van der Waals surface area contributed by atoms with Gasteiger partial charge in [0.05, 0.1) is 12.5 Å². The molecule has 1 N–H and O–H groups in total. The van der Waals surface area contributed by atoms with Gasteiger partial charge in [0, 0.05) is 6.42 Å². The minimum Gasteiger partial charge on any atom is -0.393 e. The van der Waals surface area contributed by atoms with E-state index < -0.39 is 11.7 Å². The second kappa shape index (κ2) is 5.64. The standard InChI is InChI=1S/C12H24O4/c1-9(13)7-12(5,6)16-15-10(14)8-11(2,3)4/h9,13H,7-8H2,1-6H3. The smallest absolute Gasteiger partial charge is 0.342 e. The third kappa shape index (κ3) is 8.68. The zero-order valence-corrected chi connectivity index (χ0v) is 11.2. The molecule has 0 radical (unpaired) electrons. The average Bonchev–Trinajstić information content (AvgIpc) is 1.95. The van der Waals surface area contributed by atoms with E-state index in [2.05, 4.69) is 0 Å². The highest BCUT2D eigenvalue weighted by Crippen LogP contribution is 2.21. The minimum atomic E-state index is -0.665. The Bertz CT molecular complexity index is 226. The Hall–Kier alpha value is -0.610. The largest absolute Gasteiger partial charge is 0.393 e. The summed E-state index contributed by atoms with van der Waals surface area (Å²) in [5.74, 6) is -0.383. The van der Waals surface area contributed by atoms with Crippen LogP contribution in [0.5, 0.6) is 0 Å². The molecule has 16 heavy (non-hydrogen) atoms. The molecule has 96 valence electrons. The van der Waals surface area contributed by atoms with E-state index in [1.54, 1.807) is 20.8 Å². The highest BCUT2D eigenvalue weighted by Gasteiger charge is 2.25. The van der Waals surface area contributed by atoms with E-state index in [0.717, 1.165) is 0 Å². The van der Waals surface area contributed by atoms with E-state index in [4.69, 9.17) is 9.78 Å². The van der Waals surface area contributed by atoms with Gasteiger partial charge in [0.25, 0.3) is 0 Å². The van der Waals surface area contributed by atoms with Gasteiger partial charge in [0.15, 0.2) is 0 Å². The molecule has 0 spiro atoms. The normalized spacial score (nSPS) is 14.7. The fraction of sp³-hybridized carbons (Fsp3) is 0.917. The maximum absolute atomic E-state index is 11.4. The summed E-state index contributed by atoms with van der Waals surface area (Å²) in [7, 11) is 0. The topological polar surface area (TPSA) is 55.8 Å². The zero-order valence-electron chi connectivity index (χ0n) is 11.2. The molecule has 0 aromatic carbocycles. The van der Waals surface area contributed by atoms with Crippen molar-refractivity contribution in [3.63, 3.8) is 0 Å². The lowest BCUT2D eigenvalue weighted by Crippen LogP contribution is -2.30. The van der Waals surface area contributed by atoms with Crippen molar-refractivity contribution in [1.82, 2.24) is 0 Å². The lowest BCUT2D eigenvalue weighted by Gasteiger charge is -2.25. The summed E-state index contributed by atoms with van der Waals surface area (Å²) in [6, 6.07) is 0. The van der Waals surface area contributed by atoms with Crippen molar-refractivity contribution in [3.8, 4) is 0 Å². The van der Waals surface area contributed by atoms with Crippen LogP contribution in [-0.4, -0.2) is 22.8 Å². The summed E-state index contributed by atoms with van der Waals surface area (Å²) in [5.41, 5.74) is -0.781. The second-order valence-corrected chi connectivity index (χ2v) is 6.09. The first-order chi connectivity index (χ1) is 7.02. The van der Waals surface area contributed by atoms with Crippen LogP contribution >= 0.6 is 0 Å². The summed E-state index contributed by atoms with van der Waals surface area (Å²) in [4.78, 5) is 21.2. The molecule has 0 rings (SSSR count). The Labute approximate surface area is 97.9 Å². The van der Waals surface area contributed by atoms with Crippen LogP contribution in [-0.2, 0) is 14.6 Å². The van der Waals surface area contributed by atoms with E-state index >= 15 is 0 Å². The number of hydrogen-bond acceptors (Lipinski definition) is 4. The van der Waals surface area contributed by atoms with E-state index in [1.807, 2.05) is 20.8 Å². The molecule has 0 aliphatic carbocycles. The van der Waals surface area contributed by atoms with Crippen molar-refractivity contribution in [2.75, 3.05) is 0 Å². The van der Waals surface area contributed by atoms with Crippen molar-refractivity contribution in [3.05, 3.63) is 0 Å². The molecule has 0 fully saturated rings. The van der Waals surface area contributed by atoms with Crippen LogP contribution in [0.25, 0.3) is 0 Å². The Balaban J connectivity index is 4.00. The number of aliphatic hydroxyl groups excluding tert-OH is 1. The molecule has 0 aromatic rings. The van der Waals surface area contributed by atoms with Crippen molar-refractivity contribution in [2.24, 2.45) is 5.41 Å². The third-order valence-corrected chi connectivity index (χ3v) is 1.82. The van der Waals surface area contributed by atoms with E-state index in [0.29, 0.717) is 12.8 Å². The van der Waals surface area contributed by atoms with Crippen molar-refractivity contribution in [2.45, 2.75) is 66.1 Å². The summed E-state index contributed by atoms with van der Waals surface area (Å²) in [6.45, 7) is 11.1. The quantitative estimate of drug-likeness (QED) is 0.584. The van der Waals surface area contributed by atoms with Crippen molar-refractivity contribution < 1.29 is 19.7 Å². The van der Waals surface area contributed by atoms with Crippen LogP contribution < -0.4 is 0 Å². The second-order valence-electron chi connectivity index (χ2n) is 6.09. The first kappa shape index (κ1) is 15.4. The van der Waals surface area contributed by atoms with Crippen LogP contribution in [0.15, 0.2) is 0 Å². The fourth-order valence-electron chi connectivity index (χ4n) is 1.37. The van der Waals surface area contributed by atoms with Crippen molar-refractivity contribution in [1.29, 1.82) is 0 Å². The van der Waals surface area contributed by atoms with Gasteiger partial charge in [-0.15, -0.1) is 0 Å². The molecule has 0 aromatic heterocycles. The molecule has 0 aliphatic heterocycles. The summed E-state index contributed by atoms with van der Waals surface area (Å²) < 4.78 is 0. The third-order valence-electron chi connectivity index (χ3n) is 1.82. The highest BCUT2D eigenvalue weighted by atomic mass is 17.2. The SMILES string of the molecule is CC(O)CC(C)(C)OOC(=O)CC(C)(C)C. The van der Waals surface area contributed by atoms with Gasteiger partial charge in [-0.05, 0) is 26.2 Å². The van der Waals surface area contributed by atoms with Gasteiger partial charge < -0.3 is 5.11 Å². The van der Waals surface area contributed by atoms with Crippen LogP contribution in [0.4, 0.5) is 0 Å². The first-order valence-corrected chi connectivity index (χ1v) is 5.58. The van der Waals surface area contributed by atoms with Gasteiger partial charge in [0.2, 0.25) is 0 Å². The number of aliphatic hydroxyl groups is 1. The monoisotopic (exact) mass is 232 g/mol. The molecule has 1 unspecified atom stereocenters. The van der Waals surface area contributed by atoms with Gasteiger partial charge in [0.1, 0.15) is 5.60 Å². The number of carbonyl (C=O) groups is 1. The lowest BCUT2D eigenvalue weighted by atomic mass is 9.93. The number of carbonyl (C=O) groups excluding carboxylic acids is 1. The van der Waals surface area contributed by atoms with Gasteiger partial charge in [-0.25, -0.2) is 4.79 Å². The molecular formula is C12H24O4. The van der Waals surface area contributed by atoms with Gasteiger partial charge >= 0.3 is 5.97 Å². The van der Waals surface area contributed by atoms with E-state index in [-0.39, 0.29) is 11.4 Å². The molecule has 0 saturated carbocycles. The Kier molecular flexibility index (Phi) is 5.42. The first-order valence-electron chi connectivity index (χ1n) is 5.58. The maximum Gasteiger partial charge on any atom is 0.342 e. The van der Waals surface area contributed by atoms with Crippen molar-refractivity contribution >= 4 is 5.97 Å². The molecule has 0 bridgehead atoms. The Morgan fingerprint density at radius 2 is 1.75 bits per heavy atom. The molecule has 0 saturated heterocycles. The zero-order chi connectivity index (χ0) is 13.0. The number of hydrogen-bond donors (Lipinski definition) is 1. The maximum atomic E-state index is 11.4. The average molecular weight is 232 g/mol. The van der Waals surface area contributed by atoms with Crippen LogP contribution in [0.2, 0.25) is 0 Å². The Morgan fingerprint density at radius 3 is 2.12 bits per heavy atom.